The molecule has 0 saturated heterocycles. The summed E-state index contributed by atoms with van der Waals surface area (Å²) in [6, 6.07) is 17.0. The normalized spacial score (nSPS) is 10.0. The highest BCUT2D eigenvalue weighted by atomic mass is 16.6. The van der Waals surface area contributed by atoms with Crippen molar-refractivity contribution in [2.24, 2.45) is 0 Å². The van der Waals surface area contributed by atoms with E-state index < -0.39 is 12.2 Å². The van der Waals surface area contributed by atoms with Crippen molar-refractivity contribution in [1.82, 2.24) is 10.6 Å². The molecule has 0 unspecified atom stereocenters. The van der Waals surface area contributed by atoms with Gasteiger partial charge in [-0.1, -0.05) is 54.6 Å². The van der Waals surface area contributed by atoms with Gasteiger partial charge in [-0.2, -0.15) is 0 Å². The number of nitrogens with one attached hydrogen (secondary N) is 2. The van der Waals surface area contributed by atoms with Gasteiger partial charge in [0.05, 0.1) is 7.11 Å². The van der Waals surface area contributed by atoms with E-state index in [0.29, 0.717) is 13.0 Å². The standard InChI is InChI=1S/C22H26N2O6/c1-28-21(26)23-15-18-8-5-9-19(14-18)16-24-22(27)30-13-12-29-20(25)11-10-17-6-3-2-4-7-17/h2-9,14H,10-13,15-16H2,1H3,(H,23,26)(H,24,27). The number of methoxy groups -OCH3 is 1. The van der Waals surface area contributed by atoms with Crippen LogP contribution in [0.3, 0.4) is 0 Å². The maximum absolute atomic E-state index is 11.8. The van der Waals surface area contributed by atoms with Crippen molar-refractivity contribution in [1.29, 1.82) is 0 Å². The van der Waals surface area contributed by atoms with Gasteiger partial charge in [-0.25, -0.2) is 9.59 Å². The van der Waals surface area contributed by atoms with Gasteiger partial charge >= 0.3 is 18.2 Å². The second-order valence-electron chi connectivity index (χ2n) is 6.36. The molecule has 2 rings (SSSR count). The van der Waals surface area contributed by atoms with E-state index in [1.54, 1.807) is 0 Å². The summed E-state index contributed by atoms with van der Waals surface area (Å²) in [6.45, 7) is 0.573. The van der Waals surface area contributed by atoms with Crippen molar-refractivity contribution in [3.05, 3.63) is 71.3 Å². The van der Waals surface area contributed by atoms with Crippen molar-refractivity contribution in [3.63, 3.8) is 0 Å². The summed E-state index contributed by atoms with van der Waals surface area (Å²) in [5, 5.41) is 5.21. The number of benzene rings is 2. The van der Waals surface area contributed by atoms with Crippen LogP contribution in [0.4, 0.5) is 9.59 Å². The zero-order chi connectivity index (χ0) is 21.6. The van der Waals surface area contributed by atoms with Gasteiger partial charge in [-0.05, 0) is 23.1 Å². The fraction of sp³-hybridized carbons (Fsp3) is 0.318. The van der Waals surface area contributed by atoms with E-state index in [9.17, 15) is 14.4 Å². The molecule has 0 spiro atoms. The molecule has 8 nitrogen and oxygen atoms in total. The second kappa shape index (κ2) is 12.8. The first-order valence-corrected chi connectivity index (χ1v) is 9.56. The summed E-state index contributed by atoms with van der Waals surface area (Å²) >= 11 is 0. The third-order valence-electron chi connectivity index (χ3n) is 4.09. The fourth-order valence-electron chi connectivity index (χ4n) is 2.57. The smallest absolute Gasteiger partial charge is 0.407 e. The molecule has 160 valence electrons. The predicted octanol–water partition coefficient (Wildman–Crippen LogP) is 2.94. The molecule has 0 aliphatic rings. The minimum Gasteiger partial charge on any atom is -0.462 e. The van der Waals surface area contributed by atoms with Crippen LogP contribution >= 0.6 is 0 Å². The minimum atomic E-state index is -0.603. The van der Waals surface area contributed by atoms with E-state index in [1.807, 2.05) is 54.6 Å². The third-order valence-corrected chi connectivity index (χ3v) is 4.09. The highest BCUT2D eigenvalue weighted by molar-refractivity contribution is 5.70. The van der Waals surface area contributed by atoms with E-state index in [1.165, 1.54) is 7.11 Å². The van der Waals surface area contributed by atoms with Crippen molar-refractivity contribution in [3.8, 4) is 0 Å². The molecule has 0 radical (unpaired) electrons. The van der Waals surface area contributed by atoms with Crippen LogP contribution in [0.2, 0.25) is 0 Å². The molecule has 0 bridgehead atoms. The zero-order valence-corrected chi connectivity index (χ0v) is 16.9. The van der Waals surface area contributed by atoms with E-state index in [-0.39, 0.29) is 32.1 Å². The Labute approximate surface area is 175 Å². The van der Waals surface area contributed by atoms with Gasteiger partial charge in [0, 0.05) is 19.5 Å². The molecule has 2 amide bonds. The Morgan fingerprint density at radius 1 is 0.767 bits per heavy atom. The van der Waals surface area contributed by atoms with Crippen LogP contribution in [-0.4, -0.2) is 38.5 Å². The first-order chi connectivity index (χ1) is 14.6. The van der Waals surface area contributed by atoms with Crippen molar-refractivity contribution < 1.29 is 28.6 Å². The van der Waals surface area contributed by atoms with Crippen LogP contribution in [0.25, 0.3) is 0 Å². The van der Waals surface area contributed by atoms with E-state index in [2.05, 4.69) is 15.4 Å². The molecule has 30 heavy (non-hydrogen) atoms. The number of carbonyl (C=O) groups excluding carboxylic acids is 3. The van der Waals surface area contributed by atoms with Gasteiger partial charge in [-0.3, -0.25) is 4.79 Å². The average Bonchev–Trinajstić information content (AvgIpc) is 2.78. The molecule has 2 N–H and O–H groups in total. The lowest BCUT2D eigenvalue weighted by Crippen LogP contribution is -2.26. The molecular weight excluding hydrogens is 388 g/mol. The lowest BCUT2D eigenvalue weighted by atomic mass is 10.1. The minimum absolute atomic E-state index is 0.00965. The monoisotopic (exact) mass is 414 g/mol. The third kappa shape index (κ3) is 9.09. The SMILES string of the molecule is COC(=O)NCc1cccc(CNC(=O)OCCOC(=O)CCc2ccccc2)c1. The summed E-state index contributed by atoms with van der Waals surface area (Å²) in [5.74, 6) is -0.333. The number of carbonyl (C=O) groups is 3. The molecule has 0 heterocycles. The van der Waals surface area contributed by atoms with Crippen LogP contribution in [-0.2, 0) is 38.5 Å². The number of rotatable bonds is 10. The van der Waals surface area contributed by atoms with Gasteiger partial charge in [0.15, 0.2) is 0 Å². The molecule has 0 aliphatic heterocycles. The predicted molar refractivity (Wildman–Crippen MR) is 110 cm³/mol. The quantitative estimate of drug-likeness (QED) is 0.352. The number of esters is 1. The van der Waals surface area contributed by atoms with Gasteiger partial charge in [0.1, 0.15) is 13.2 Å². The van der Waals surface area contributed by atoms with Crippen LogP contribution in [0.5, 0.6) is 0 Å². The maximum atomic E-state index is 11.8. The second-order valence-corrected chi connectivity index (χ2v) is 6.36. The molecule has 0 aromatic heterocycles. The summed E-state index contributed by atoms with van der Waals surface area (Å²) in [6.07, 6.45) is -0.233. The lowest BCUT2D eigenvalue weighted by Gasteiger charge is -2.09. The van der Waals surface area contributed by atoms with E-state index in [0.717, 1.165) is 16.7 Å². The Balaban J connectivity index is 1.58. The largest absolute Gasteiger partial charge is 0.462 e. The molecule has 0 fully saturated rings. The number of hydrogen-bond donors (Lipinski definition) is 2. The van der Waals surface area contributed by atoms with Gasteiger partial charge < -0.3 is 24.8 Å². The molecular formula is C22H26N2O6. The number of alkyl carbamates (subject to hydrolysis) is 2. The summed E-state index contributed by atoms with van der Waals surface area (Å²) in [4.78, 5) is 34.6. The highest BCUT2D eigenvalue weighted by Crippen LogP contribution is 2.06. The van der Waals surface area contributed by atoms with E-state index >= 15 is 0 Å². The average molecular weight is 414 g/mol. The van der Waals surface area contributed by atoms with Crippen LogP contribution in [0.1, 0.15) is 23.1 Å². The molecule has 0 atom stereocenters. The number of aryl methyl sites for hydroxylation is 1. The van der Waals surface area contributed by atoms with Crippen LogP contribution in [0.15, 0.2) is 54.6 Å². The van der Waals surface area contributed by atoms with Crippen molar-refractivity contribution in [2.45, 2.75) is 25.9 Å². The maximum Gasteiger partial charge on any atom is 0.407 e. The Kier molecular flexibility index (Phi) is 9.72. The Morgan fingerprint density at radius 2 is 1.37 bits per heavy atom. The summed E-state index contributed by atoms with van der Waals surface area (Å²) in [5.41, 5.74) is 2.79. The molecule has 2 aromatic carbocycles. The summed E-state index contributed by atoms with van der Waals surface area (Å²) in [7, 11) is 1.30. The molecule has 0 saturated carbocycles. The van der Waals surface area contributed by atoms with Crippen molar-refractivity contribution >= 4 is 18.2 Å². The number of ether oxygens (including phenoxy) is 3. The molecule has 8 heteroatoms. The van der Waals surface area contributed by atoms with Crippen molar-refractivity contribution in [2.75, 3.05) is 20.3 Å². The first kappa shape index (κ1) is 22.7. The van der Waals surface area contributed by atoms with Gasteiger partial charge in [0.25, 0.3) is 0 Å². The van der Waals surface area contributed by atoms with E-state index in [4.69, 9.17) is 9.47 Å². The first-order valence-electron chi connectivity index (χ1n) is 9.56. The van der Waals surface area contributed by atoms with Gasteiger partial charge in [-0.15, -0.1) is 0 Å². The molecule has 2 aromatic rings. The van der Waals surface area contributed by atoms with Gasteiger partial charge in [0.2, 0.25) is 0 Å². The van der Waals surface area contributed by atoms with Crippen LogP contribution < -0.4 is 10.6 Å². The lowest BCUT2D eigenvalue weighted by molar-refractivity contribution is -0.144. The number of amides is 2. The highest BCUT2D eigenvalue weighted by Gasteiger charge is 2.06. The Morgan fingerprint density at radius 3 is 2.03 bits per heavy atom. The summed E-state index contributed by atoms with van der Waals surface area (Å²) < 4.78 is 14.6. The fourth-order valence-corrected chi connectivity index (χ4v) is 2.57. The number of hydrogen-bond acceptors (Lipinski definition) is 6. The topological polar surface area (TPSA) is 103 Å². The van der Waals surface area contributed by atoms with Crippen LogP contribution in [0, 0.1) is 0 Å². The Bertz CT molecular complexity index is 825. The zero-order valence-electron chi connectivity index (χ0n) is 16.9. The Hall–Kier alpha value is -3.55. The molecule has 0 aliphatic carbocycles.